The number of hydrogen-bond donors (Lipinski definition) is 2. The summed E-state index contributed by atoms with van der Waals surface area (Å²) in [5, 5.41) is 12.4. The van der Waals surface area contributed by atoms with Gasteiger partial charge in [-0.1, -0.05) is 0 Å². The van der Waals surface area contributed by atoms with Crippen LogP contribution in [0, 0.1) is 28.9 Å². The van der Waals surface area contributed by atoms with Crippen molar-refractivity contribution in [2.45, 2.75) is 50.9 Å². The third-order valence-corrected chi connectivity index (χ3v) is 15.3. The number of halogens is 3. The predicted octanol–water partition coefficient (Wildman–Crippen LogP) is 4.83. The molecule has 0 bridgehead atoms. The summed E-state index contributed by atoms with van der Waals surface area (Å²) in [5.74, 6) is -2.79. The first-order valence-electron chi connectivity index (χ1n) is 22.9. The van der Waals surface area contributed by atoms with Gasteiger partial charge in [0.25, 0.3) is 11.5 Å². The van der Waals surface area contributed by atoms with Gasteiger partial charge < -0.3 is 19.4 Å². The van der Waals surface area contributed by atoms with E-state index in [9.17, 15) is 37.2 Å². The summed E-state index contributed by atoms with van der Waals surface area (Å²) in [7, 11) is -4.25. The van der Waals surface area contributed by atoms with Gasteiger partial charge in [-0.2, -0.15) is 18.0 Å². The Morgan fingerprint density at radius 1 is 0.855 bits per heavy atom. The van der Waals surface area contributed by atoms with Gasteiger partial charge in [0.1, 0.15) is 35.9 Å². The van der Waals surface area contributed by atoms with Gasteiger partial charge in [0.15, 0.2) is 17.4 Å². The van der Waals surface area contributed by atoms with Crippen LogP contribution in [0.4, 0.5) is 30.2 Å². The van der Waals surface area contributed by atoms with Crippen molar-refractivity contribution in [1.29, 1.82) is 5.26 Å². The molecule has 5 aliphatic heterocycles. The first kappa shape index (κ1) is 45.7. The highest BCUT2D eigenvalue weighted by molar-refractivity contribution is 7.90. The number of rotatable bonds is 11. The normalized spacial score (nSPS) is 20.6. The Bertz CT molecular complexity index is 3100. The van der Waals surface area contributed by atoms with E-state index in [1.54, 1.807) is 18.2 Å². The van der Waals surface area contributed by atoms with Crippen molar-refractivity contribution < 1.29 is 40.7 Å². The third-order valence-electron chi connectivity index (χ3n) is 13.8. The zero-order valence-corrected chi connectivity index (χ0v) is 38.1. The van der Waals surface area contributed by atoms with Gasteiger partial charge in [-0.3, -0.25) is 38.7 Å². The molecule has 10 rings (SSSR count). The van der Waals surface area contributed by atoms with Crippen LogP contribution in [0.1, 0.15) is 53.6 Å². The minimum absolute atomic E-state index is 0.00197. The van der Waals surface area contributed by atoms with E-state index in [2.05, 4.69) is 24.8 Å². The van der Waals surface area contributed by atoms with Gasteiger partial charge in [-0.05, 0) is 98.3 Å². The number of imide groups is 1. The van der Waals surface area contributed by atoms with Crippen LogP contribution in [-0.4, -0.2) is 121 Å². The molecule has 5 aromatic rings. The highest BCUT2D eigenvalue weighted by Gasteiger charge is 2.41. The Kier molecular flexibility index (Phi) is 12.2. The lowest BCUT2D eigenvalue weighted by molar-refractivity contribution is -0.136. The van der Waals surface area contributed by atoms with Crippen molar-refractivity contribution in [1.82, 2.24) is 29.0 Å². The number of aromatic nitrogens is 2. The molecule has 0 unspecified atom stereocenters. The molecule has 358 valence electrons. The number of piperidine rings is 2. The van der Waals surface area contributed by atoms with E-state index in [1.165, 1.54) is 34.0 Å². The lowest BCUT2D eigenvalue weighted by Crippen LogP contribution is -2.52. The maximum absolute atomic E-state index is 16.0. The van der Waals surface area contributed by atoms with Gasteiger partial charge in [-0.15, -0.1) is 0 Å². The Labute approximate surface area is 394 Å². The summed E-state index contributed by atoms with van der Waals surface area (Å²) < 4.78 is 81.1. The van der Waals surface area contributed by atoms with Crippen LogP contribution in [0.15, 0.2) is 77.9 Å². The van der Waals surface area contributed by atoms with E-state index >= 15 is 8.78 Å². The summed E-state index contributed by atoms with van der Waals surface area (Å²) in [4.78, 5) is 63.8. The lowest BCUT2D eigenvalue weighted by atomic mass is 9.95. The van der Waals surface area contributed by atoms with E-state index in [-0.39, 0.29) is 67.2 Å². The van der Waals surface area contributed by atoms with Gasteiger partial charge >= 0.3 is 10.2 Å². The molecule has 5 aliphatic rings. The number of carbonyl (C=O) groups excluding carboxylic acids is 3. The molecule has 0 radical (unpaired) electrons. The SMILES string of the molecule is N#Cc1c(NS(=O)(=O)N2CC[C@@H](F)C2)ccc(F)c1Oc1ccc2ncn(-c3ccc(N4CCN(CC5CCN(c6ccc7c(c6F)CN([C@H]6CCC(=O)NC6=O)C7=O)CC5)CC4)cc3)c(=O)c2c1. The number of fused-ring (bicyclic) bond motifs is 2. The molecule has 4 fully saturated rings. The van der Waals surface area contributed by atoms with E-state index in [0.29, 0.717) is 41.5 Å². The van der Waals surface area contributed by atoms with Crippen molar-refractivity contribution in [2.75, 3.05) is 73.4 Å². The van der Waals surface area contributed by atoms with E-state index < -0.39 is 62.7 Å². The molecule has 0 spiro atoms. The number of amides is 3. The standard InChI is InChI=1S/C48H47F3N10O7S/c49-30-15-18-59(26-30)69(66,67)55-40-9-7-38(50)45(36(40)24-52)68-33-5-8-39-35(23-33)48(65)61(28-53-39)32-3-1-31(2-4-32)57-21-19-56(20-22-57)25-29-13-16-58(17-14-29)41-10-6-34-37(44(41)51)27-60(47(34)64)42-11-12-43(62)54-46(42)63/h1-10,23,28-30,42,55H,11-22,25-27H2,(H,54,62,63)/t30-,42+/m1/s1. The molecule has 4 saturated heterocycles. The average Bonchev–Trinajstić information content (AvgIpc) is 3.94. The monoisotopic (exact) mass is 964 g/mol. The van der Waals surface area contributed by atoms with Crippen LogP contribution >= 0.6 is 0 Å². The molecule has 6 heterocycles. The van der Waals surface area contributed by atoms with Crippen LogP contribution in [0.2, 0.25) is 0 Å². The maximum Gasteiger partial charge on any atom is 0.301 e. The number of benzene rings is 4. The fraction of sp³-hybridized carbons (Fsp3) is 0.375. The number of alkyl halides is 1. The van der Waals surface area contributed by atoms with E-state index in [1.807, 2.05) is 29.2 Å². The Balaban J connectivity index is 0.738. The Hall–Kier alpha value is -7.02. The van der Waals surface area contributed by atoms with Crippen molar-refractivity contribution in [3.05, 3.63) is 112 Å². The lowest BCUT2D eigenvalue weighted by Gasteiger charge is -2.40. The van der Waals surface area contributed by atoms with Crippen LogP contribution < -0.4 is 30.1 Å². The van der Waals surface area contributed by atoms with Gasteiger partial charge in [0.05, 0.1) is 34.5 Å². The largest absolute Gasteiger partial charge is 0.453 e. The summed E-state index contributed by atoms with van der Waals surface area (Å²) >= 11 is 0. The smallest absolute Gasteiger partial charge is 0.301 e. The fourth-order valence-corrected chi connectivity index (χ4v) is 11.3. The number of anilines is 3. The number of nitrogens with zero attached hydrogens (tertiary/aromatic N) is 8. The molecule has 0 saturated carbocycles. The van der Waals surface area contributed by atoms with Crippen LogP contribution in [0.25, 0.3) is 16.6 Å². The van der Waals surface area contributed by atoms with Gasteiger partial charge in [0, 0.05) is 82.1 Å². The highest BCUT2D eigenvalue weighted by Crippen LogP contribution is 2.37. The van der Waals surface area contributed by atoms with E-state index in [4.69, 9.17) is 4.74 Å². The van der Waals surface area contributed by atoms with Crippen molar-refractivity contribution in [2.24, 2.45) is 5.92 Å². The molecular weight excluding hydrogens is 918 g/mol. The predicted molar refractivity (Wildman–Crippen MR) is 248 cm³/mol. The number of carbonyl (C=O) groups is 3. The number of nitriles is 1. The zero-order valence-electron chi connectivity index (χ0n) is 37.2. The fourth-order valence-electron chi connectivity index (χ4n) is 10.00. The number of piperazine rings is 1. The summed E-state index contributed by atoms with van der Waals surface area (Å²) in [6.45, 7) is 5.21. The average molecular weight is 965 g/mol. The zero-order chi connectivity index (χ0) is 48.1. The summed E-state index contributed by atoms with van der Waals surface area (Å²) in [5.41, 5.74) is 1.80. The molecule has 17 nitrogen and oxygen atoms in total. The van der Waals surface area contributed by atoms with Crippen LogP contribution in [0.3, 0.4) is 0 Å². The van der Waals surface area contributed by atoms with Crippen molar-refractivity contribution in [3.8, 4) is 23.3 Å². The minimum atomic E-state index is -4.25. The Morgan fingerprint density at radius 2 is 1.61 bits per heavy atom. The number of nitrogens with one attached hydrogen (secondary N) is 2. The second-order valence-electron chi connectivity index (χ2n) is 18.0. The quantitative estimate of drug-likeness (QED) is 0.172. The minimum Gasteiger partial charge on any atom is -0.453 e. The second-order valence-corrected chi connectivity index (χ2v) is 19.7. The van der Waals surface area contributed by atoms with Crippen molar-refractivity contribution in [3.63, 3.8) is 0 Å². The molecule has 3 amide bonds. The molecule has 1 aromatic heterocycles. The summed E-state index contributed by atoms with van der Waals surface area (Å²) in [6, 6.07) is 18.2. The first-order valence-corrected chi connectivity index (χ1v) is 24.3. The second kappa shape index (κ2) is 18.5. The summed E-state index contributed by atoms with van der Waals surface area (Å²) in [6.07, 6.45) is 2.27. The van der Waals surface area contributed by atoms with Crippen LogP contribution in [0.5, 0.6) is 11.5 Å². The first-order chi connectivity index (χ1) is 33.2. The maximum atomic E-state index is 16.0. The van der Waals surface area contributed by atoms with E-state index in [0.717, 1.165) is 67.7 Å². The molecule has 2 atom stereocenters. The molecule has 21 heteroatoms. The molecule has 0 aliphatic carbocycles. The highest BCUT2D eigenvalue weighted by atomic mass is 32.2. The number of hydrogen-bond acceptors (Lipinski definition) is 12. The number of ether oxygens (including phenoxy) is 1. The topological polar surface area (TPSA) is 194 Å². The van der Waals surface area contributed by atoms with Crippen LogP contribution in [-0.2, 0) is 26.3 Å². The molecule has 2 N–H and O–H groups in total. The third kappa shape index (κ3) is 8.95. The molecule has 4 aromatic carbocycles. The molecular formula is C48H47F3N10O7S. The molecule has 69 heavy (non-hydrogen) atoms. The van der Waals surface area contributed by atoms with Gasteiger partial charge in [-0.25, -0.2) is 18.2 Å². The van der Waals surface area contributed by atoms with Gasteiger partial charge in [0.2, 0.25) is 11.8 Å². The van der Waals surface area contributed by atoms with Crippen molar-refractivity contribution >= 4 is 55.9 Å². The Morgan fingerprint density at radius 3 is 2.32 bits per heavy atom.